The molecule has 5 heteroatoms. The Morgan fingerprint density at radius 2 is 1.65 bits per heavy atom. The van der Waals surface area contributed by atoms with Gasteiger partial charge in [-0.3, -0.25) is 0 Å². The second-order valence-corrected chi connectivity index (χ2v) is 5.94. The van der Waals surface area contributed by atoms with Gasteiger partial charge in [-0.2, -0.15) is 0 Å². The number of halogens is 1. The van der Waals surface area contributed by atoms with Gasteiger partial charge in [-0.25, -0.2) is 0 Å². The lowest BCUT2D eigenvalue weighted by Gasteiger charge is -2.00. The summed E-state index contributed by atoms with van der Waals surface area (Å²) in [5, 5.41) is 9.61. The fraction of sp³-hybridized carbons (Fsp3) is 0.833. The molecule has 0 aliphatic carbocycles. The van der Waals surface area contributed by atoms with E-state index in [1.54, 1.807) is 11.8 Å². The predicted molar refractivity (Wildman–Crippen MR) is 75.9 cm³/mol. The van der Waals surface area contributed by atoms with Gasteiger partial charge in [0.2, 0.25) is 5.89 Å². The monoisotopic (exact) mass is 320 g/mol. The van der Waals surface area contributed by atoms with Gasteiger partial charge in [-0.15, -0.1) is 10.2 Å². The fourth-order valence-corrected chi connectivity index (χ4v) is 2.77. The van der Waals surface area contributed by atoms with E-state index in [0.717, 1.165) is 11.1 Å². The van der Waals surface area contributed by atoms with Gasteiger partial charge in [0.15, 0.2) is 0 Å². The number of hydrogen-bond donors (Lipinski definition) is 0. The lowest BCUT2D eigenvalue weighted by Crippen LogP contribution is -1.84. The number of nitrogens with zero attached hydrogens (tertiary/aromatic N) is 2. The highest BCUT2D eigenvalue weighted by atomic mass is 79.9. The largest absolute Gasteiger partial charge is 0.416 e. The Kier molecular flexibility index (Phi) is 8.79. The molecule has 0 aromatic carbocycles. The topological polar surface area (TPSA) is 38.9 Å². The summed E-state index contributed by atoms with van der Waals surface area (Å²) in [7, 11) is 0. The van der Waals surface area contributed by atoms with E-state index in [1.165, 1.54) is 44.9 Å². The summed E-state index contributed by atoms with van der Waals surface area (Å²) in [6.07, 6.45) is 9.33. The van der Waals surface area contributed by atoms with Crippen LogP contribution in [0.25, 0.3) is 0 Å². The predicted octanol–water partition coefficient (Wildman–Crippen LogP) is 4.60. The molecule has 1 aromatic heterocycles. The highest BCUT2D eigenvalue weighted by Crippen LogP contribution is 2.18. The Balaban J connectivity index is 1.84. The van der Waals surface area contributed by atoms with Gasteiger partial charge in [0.05, 0.1) is 0 Å². The molecule has 0 radical (unpaired) electrons. The number of aromatic nitrogens is 2. The van der Waals surface area contributed by atoms with Crippen molar-refractivity contribution < 1.29 is 4.42 Å². The van der Waals surface area contributed by atoms with Crippen LogP contribution in [-0.4, -0.2) is 21.3 Å². The van der Waals surface area contributed by atoms with Crippen LogP contribution in [0.1, 0.15) is 50.8 Å². The highest BCUT2D eigenvalue weighted by Gasteiger charge is 2.01. The number of hydrogen-bond acceptors (Lipinski definition) is 4. The van der Waals surface area contributed by atoms with Crippen molar-refractivity contribution in [2.75, 3.05) is 11.1 Å². The minimum Gasteiger partial charge on any atom is -0.416 e. The Bertz CT molecular complexity index is 294. The van der Waals surface area contributed by atoms with Crippen LogP contribution in [0, 0.1) is 6.92 Å². The van der Waals surface area contributed by atoms with Crippen molar-refractivity contribution in [2.45, 2.75) is 57.1 Å². The molecule has 0 unspecified atom stereocenters. The maximum Gasteiger partial charge on any atom is 0.276 e. The Labute approximate surface area is 116 Å². The van der Waals surface area contributed by atoms with Crippen LogP contribution >= 0.6 is 27.7 Å². The number of unbranched alkanes of at least 4 members (excludes halogenated alkanes) is 6. The van der Waals surface area contributed by atoms with Gasteiger partial charge >= 0.3 is 0 Å². The molecule has 1 heterocycles. The molecular weight excluding hydrogens is 300 g/mol. The Morgan fingerprint density at radius 3 is 2.24 bits per heavy atom. The van der Waals surface area contributed by atoms with Gasteiger partial charge in [-0.1, -0.05) is 59.8 Å². The summed E-state index contributed by atoms with van der Waals surface area (Å²) in [6.45, 7) is 1.82. The van der Waals surface area contributed by atoms with Crippen LogP contribution in [0.15, 0.2) is 9.64 Å². The van der Waals surface area contributed by atoms with Crippen LogP contribution in [0.4, 0.5) is 0 Å². The molecule has 0 spiro atoms. The van der Waals surface area contributed by atoms with Gasteiger partial charge in [0.25, 0.3) is 5.22 Å². The minimum absolute atomic E-state index is 0.652. The normalized spacial score (nSPS) is 10.9. The first-order chi connectivity index (χ1) is 8.33. The van der Waals surface area contributed by atoms with E-state index < -0.39 is 0 Å². The summed E-state index contributed by atoms with van der Waals surface area (Å²) in [5.41, 5.74) is 0. The summed E-state index contributed by atoms with van der Waals surface area (Å²) in [4.78, 5) is 0. The molecular formula is C12H21BrN2OS. The van der Waals surface area contributed by atoms with E-state index in [4.69, 9.17) is 4.42 Å². The average molecular weight is 321 g/mol. The minimum atomic E-state index is 0.652. The third kappa shape index (κ3) is 7.82. The first-order valence-corrected chi connectivity index (χ1v) is 8.42. The molecule has 17 heavy (non-hydrogen) atoms. The third-order valence-corrected chi connectivity index (χ3v) is 3.98. The average Bonchev–Trinajstić information content (AvgIpc) is 2.73. The molecule has 0 saturated carbocycles. The number of rotatable bonds is 10. The Hall–Kier alpha value is -0.0300. The van der Waals surface area contributed by atoms with Crippen LogP contribution in [0.2, 0.25) is 0 Å². The van der Waals surface area contributed by atoms with Crippen LogP contribution < -0.4 is 0 Å². The fourth-order valence-electron chi connectivity index (χ4n) is 1.58. The SMILES string of the molecule is Cc1nnc(SCCCCCCCCCBr)o1. The first-order valence-electron chi connectivity index (χ1n) is 6.32. The maximum atomic E-state index is 5.29. The van der Waals surface area contributed by atoms with Crippen molar-refractivity contribution in [3.8, 4) is 0 Å². The summed E-state index contributed by atoms with van der Waals surface area (Å²) >= 11 is 5.12. The van der Waals surface area contributed by atoms with Crippen molar-refractivity contribution >= 4 is 27.7 Å². The van der Waals surface area contributed by atoms with Gasteiger partial charge in [-0.05, 0) is 12.8 Å². The van der Waals surface area contributed by atoms with Crippen molar-refractivity contribution in [3.05, 3.63) is 5.89 Å². The van der Waals surface area contributed by atoms with Crippen LogP contribution in [0.5, 0.6) is 0 Å². The van der Waals surface area contributed by atoms with Crippen molar-refractivity contribution in [1.29, 1.82) is 0 Å². The molecule has 0 atom stereocenters. The molecule has 1 rings (SSSR count). The summed E-state index contributed by atoms with van der Waals surface area (Å²) in [5.74, 6) is 1.74. The molecule has 0 N–H and O–H groups in total. The molecule has 0 bridgehead atoms. The van der Waals surface area contributed by atoms with Crippen molar-refractivity contribution in [1.82, 2.24) is 10.2 Å². The number of thioether (sulfide) groups is 1. The van der Waals surface area contributed by atoms with E-state index in [0.29, 0.717) is 11.1 Å². The quantitative estimate of drug-likeness (QED) is 0.359. The molecule has 0 amide bonds. The summed E-state index contributed by atoms with van der Waals surface area (Å²) < 4.78 is 5.29. The van der Waals surface area contributed by atoms with Gasteiger partial charge < -0.3 is 4.42 Å². The number of alkyl halides is 1. The lowest BCUT2D eigenvalue weighted by atomic mass is 10.1. The van der Waals surface area contributed by atoms with Crippen molar-refractivity contribution in [2.24, 2.45) is 0 Å². The zero-order valence-electron chi connectivity index (χ0n) is 10.5. The Morgan fingerprint density at radius 1 is 1.00 bits per heavy atom. The molecule has 98 valence electrons. The summed E-state index contributed by atoms with van der Waals surface area (Å²) in [6, 6.07) is 0. The van der Waals surface area contributed by atoms with E-state index in [1.807, 2.05) is 6.92 Å². The smallest absolute Gasteiger partial charge is 0.276 e. The van der Waals surface area contributed by atoms with Crippen LogP contribution in [-0.2, 0) is 0 Å². The second kappa shape index (κ2) is 9.95. The standard InChI is InChI=1S/C12H21BrN2OS/c1-11-14-15-12(16-11)17-10-8-6-4-2-3-5-7-9-13/h2-10H2,1H3. The highest BCUT2D eigenvalue weighted by molar-refractivity contribution is 9.09. The molecule has 1 aromatic rings. The lowest BCUT2D eigenvalue weighted by molar-refractivity contribution is 0.429. The zero-order valence-corrected chi connectivity index (χ0v) is 12.9. The van der Waals surface area contributed by atoms with Gasteiger partial charge in [0.1, 0.15) is 0 Å². The van der Waals surface area contributed by atoms with Gasteiger partial charge in [0, 0.05) is 18.0 Å². The molecule has 0 aliphatic heterocycles. The second-order valence-electron chi connectivity index (χ2n) is 4.10. The van der Waals surface area contributed by atoms with E-state index in [9.17, 15) is 0 Å². The van der Waals surface area contributed by atoms with E-state index in [2.05, 4.69) is 26.1 Å². The maximum absolute atomic E-state index is 5.29. The first kappa shape index (κ1) is 15.0. The van der Waals surface area contributed by atoms with Crippen LogP contribution in [0.3, 0.4) is 0 Å². The van der Waals surface area contributed by atoms with E-state index in [-0.39, 0.29) is 0 Å². The number of aryl methyl sites for hydroxylation is 1. The molecule has 0 fully saturated rings. The third-order valence-electron chi connectivity index (χ3n) is 2.51. The zero-order chi connectivity index (χ0) is 12.3. The molecule has 3 nitrogen and oxygen atoms in total. The molecule has 0 aliphatic rings. The molecule has 0 saturated heterocycles. The van der Waals surface area contributed by atoms with Crippen molar-refractivity contribution in [3.63, 3.8) is 0 Å². The van der Waals surface area contributed by atoms with E-state index >= 15 is 0 Å².